The lowest BCUT2D eigenvalue weighted by molar-refractivity contribution is -0.153. The zero-order valence-corrected chi connectivity index (χ0v) is 16.1. The van der Waals surface area contributed by atoms with Gasteiger partial charge < -0.3 is 15.4 Å². The topological polar surface area (TPSA) is 67.4 Å². The predicted octanol–water partition coefficient (Wildman–Crippen LogP) is 4.29. The molecule has 0 bridgehead atoms. The molecule has 2 N–H and O–H groups in total. The van der Waals surface area contributed by atoms with E-state index in [0.29, 0.717) is 5.69 Å². The van der Waals surface area contributed by atoms with Gasteiger partial charge in [-0.25, -0.2) is 0 Å². The van der Waals surface area contributed by atoms with Gasteiger partial charge in [0.15, 0.2) is 6.61 Å². The third-order valence-electron chi connectivity index (χ3n) is 4.75. The minimum atomic E-state index is -4.41. The second kappa shape index (κ2) is 9.80. The molecule has 8 heteroatoms. The van der Waals surface area contributed by atoms with Crippen LogP contribution in [-0.2, 0) is 9.59 Å². The number of ether oxygens (including phenoxy) is 1. The molecule has 1 unspecified atom stereocenters. The van der Waals surface area contributed by atoms with Crippen LogP contribution >= 0.6 is 0 Å². The first-order valence-corrected chi connectivity index (χ1v) is 9.56. The molecule has 0 heterocycles. The third kappa shape index (κ3) is 7.05. The lowest BCUT2D eigenvalue weighted by atomic mass is 9.88. The van der Waals surface area contributed by atoms with Gasteiger partial charge in [0.05, 0.1) is 0 Å². The molecular formula is C20H27F3N2O3. The van der Waals surface area contributed by atoms with Gasteiger partial charge in [-0.15, -0.1) is 0 Å². The van der Waals surface area contributed by atoms with E-state index in [9.17, 15) is 22.8 Å². The summed E-state index contributed by atoms with van der Waals surface area (Å²) < 4.78 is 41.2. The highest BCUT2D eigenvalue weighted by Gasteiger charge is 2.29. The van der Waals surface area contributed by atoms with Crippen molar-refractivity contribution < 1.29 is 27.5 Å². The first-order valence-electron chi connectivity index (χ1n) is 9.56. The molecule has 0 aliphatic heterocycles. The van der Waals surface area contributed by atoms with Crippen LogP contribution in [0.1, 0.15) is 46.0 Å². The number of rotatable bonds is 7. The molecule has 1 saturated carbocycles. The minimum absolute atomic E-state index is 0.0483. The molecule has 2 amide bonds. The molecule has 1 atom stereocenters. The first-order chi connectivity index (χ1) is 13.2. The van der Waals surface area contributed by atoms with Crippen molar-refractivity contribution in [3.05, 3.63) is 24.3 Å². The van der Waals surface area contributed by atoms with Crippen LogP contribution in [0.4, 0.5) is 18.9 Å². The average molecular weight is 400 g/mol. The number of nitrogens with one attached hydrogen (secondary N) is 2. The fraction of sp³-hybridized carbons (Fsp3) is 0.600. The van der Waals surface area contributed by atoms with Crippen LogP contribution in [0.5, 0.6) is 5.75 Å². The fourth-order valence-corrected chi connectivity index (χ4v) is 3.19. The zero-order valence-electron chi connectivity index (χ0n) is 16.1. The van der Waals surface area contributed by atoms with Gasteiger partial charge in [-0.3, -0.25) is 9.59 Å². The Balaban J connectivity index is 1.93. The highest BCUT2D eigenvalue weighted by molar-refractivity contribution is 5.97. The highest BCUT2D eigenvalue weighted by atomic mass is 19.4. The van der Waals surface area contributed by atoms with Crippen molar-refractivity contribution in [1.82, 2.24) is 5.32 Å². The molecule has 1 fully saturated rings. The molecule has 1 aromatic carbocycles. The molecule has 156 valence electrons. The molecular weight excluding hydrogens is 373 g/mol. The van der Waals surface area contributed by atoms with E-state index in [-0.39, 0.29) is 29.4 Å². The maximum Gasteiger partial charge on any atom is 0.422 e. The van der Waals surface area contributed by atoms with Crippen molar-refractivity contribution in [3.8, 4) is 5.75 Å². The monoisotopic (exact) mass is 400 g/mol. The van der Waals surface area contributed by atoms with Gasteiger partial charge in [0.25, 0.3) is 0 Å². The number of hydrogen-bond donors (Lipinski definition) is 2. The molecule has 1 aromatic rings. The molecule has 1 aliphatic rings. The summed E-state index contributed by atoms with van der Waals surface area (Å²) in [6.45, 7) is 2.32. The van der Waals surface area contributed by atoms with Crippen LogP contribution in [0.25, 0.3) is 0 Å². The molecule has 5 nitrogen and oxygen atoms in total. The number of hydrogen-bond acceptors (Lipinski definition) is 3. The van der Waals surface area contributed by atoms with Gasteiger partial charge in [-0.2, -0.15) is 13.2 Å². The first kappa shape index (κ1) is 22.0. The van der Waals surface area contributed by atoms with Crippen LogP contribution in [0.15, 0.2) is 24.3 Å². The Morgan fingerprint density at radius 3 is 2.25 bits per heavy atom. The lowest BCUT2D eigenvalue weighted by Crippen LogP contribution is -2.49. The second-order valence-electron chi connectivity index (χ2n) is 7.48. The third-order valence-corrected chi connectivity index (χ3v) is 4.75. The van der Waals surface area contributed by atoms with Crippen LogP contribution in [0.2, 0.25) is 0 Å². The molecule has 0 saturated heterocycles. The van der Waals surface area contributed by atoms with Gasteiger partial charge in [0.1, 0.15) is 11.8 Å². The summed E-state index contributed by atoms with van der Waals surface area (Å²) in [5.41, 5.74) is 0.418. The summed E-state index contributed by atoms with van der Waals surface area (Å²) in [4.78, 5) is 25.1. The molecule has 0 aromatic heterocycles. The average Bonchev–Trinajstić information content (AvgIpc) is 2.65. The normalized spacial score (nSPS) is 16.5. The van der Waals surface area contributed by atoms with Crippen LogP contribution < -0.4 is 15.4 Å². The van der Waals surface area contributed by atoms with E-state index in [1.807, 2.05) is 13.8 Å². The zero-order chi connectivity index (χ0) is 20.7. The molecule has 0 spiro atoms. The summed E-state index contributed by atoms with van der Waals surface area (Å²) in [6.07, 6.45) is 0.475. The maximum absolute atomic E-state index is 12.6. The van der Waals surface area contributed by atoms with Crippen molar-refractivity contribution >= 4 is 17.5 Å². The highest BCUT2D eigenvalue weighted by Crippen LogP contribution is 2.24. The Kier molecular flexibility index (Phi) is 7.71. The number of amides is 2. The van der Waals surface area contributed by atoms with Crippen molar-refractivity contribution in [1.29, 1.82) is 0 Å². The molecule has 1 aliphatic carbocycles. The number of anilines is 1. The van der Waals surface area contributed by atoms with Crippen LogP contribution in [-0.4, -0.2) is 30.6 Å². The van der Waals surface area contributed by atoms with E-state index in [0.717, 1.165) is 32.1 Å². The Bertz CT molecular complexity index is 654. The van der Waals surface area contributed by atoms with E-state index in [1.165, 1.54) is 24.3 Å². The summed E-state index contributed by atoms with van der Waals surface area (Å²) in [5.74, 6) is -0.552. The van der Waals surface area contributed by atoms with Gasteiger partial charge in [-0.1, -0.05) is 33.1 Å². The van der Waals surface area contributed by atoms with Gasteiger partial charge >= 0.3 is 6.18 Å². The Morgan fingerprint density at radius 2 is 1.71 bits per heavy atom. The Labute approximate surface area is 163 Å². The minimum Gasteiger partial charge on any atom is -0.484 e. The van der Waals surface area contributed by atoms with E-state index in [4.69, 9.17) is 0 Å². The fourth-order valence-electron chi connectivity index (χ4n) is 3.19. The maximum atomic E-state index is 12.6. The summed E-state index contributed by atoms with van der Waals surface area (Å²) in [7, 11) is 0. The van der Waals surface area contributed by atoms with E-state index >= 15 is 0 Å². The smallest absolute Gasteiger partial charge is 0.422 e. The number of alkyl halides is 3. The Morgan fingerprint density at radius 1 is 1.11 bits per heavy atom. The van der Waals surface area contributed by atoms with Crippen LogP contribution in [0.3, 0.4) is 0 Å². The SMILES string of the molecule is CC(C)C(NC(=O)C1CCCCC1)C(=O)Nc1ccc(OCC(F)(F)F)cc1. The second-order valence-corrected chi connectivity index (χ2v) is 7.48. The quantitative estimate of drug-likeness (QED) is 0.718. The molecule has 28 heavy (non-hydrogen) atoms. The number of benzene rings is 1. The molecule has 2 rings (SSSR count). The van der Waals surface area contributed by atoms with E-state index in [2.05, 4.69) is 15.4 Å². The summed E-state index contributed by atoms with van der Waals surface area (Å²) in [5, 5.41) is 5.55. The lowest BCUT2D eigenvalue weighted by Gasteiger charge is -2.26. The number of carbonyl (C=O) groups is 2. The van der Waals surface area contributed by atoms with Crippen molar-refractivity contribution in [2.75, 3.05) is 11.9 Å². The number of halogens is 3. The van der Waals surface area contributed by atoms with Gasteiger partial charge in [-0.05, 0) is 43.0 Å². The Hall–Kier alpha value is -2.25. The van der Waals surface area contributed by atoms with E-state index < -0.39 is 18.8 Å². The largest absolute Gasteiger partial charge is 0.484 e. The predicted molar refractivity (Wildman–Crippen MR) is 100.0 cm³/mol. The van der Waals surface area contributed by atoms with Gasteiger partial charge in [0.2, 0.25) is 11.8 Å². The van der Waals surface area contributed by atoms with Crippen LogP contribution in [0, 0.1) is 11.8 Å². The van der Waals surface area contributed by atoms with Crippen molar-refractivity contribution in [2.24, 2.45) is 11.8 Å². The molecule has 0 radical (unpaired) electrons. The van der Waals surface area contributed by atoms with E-state index in [1.54, 1.807) is 0 Å². The van der Waals surface area contributed by atoms with Crippen molar-refractivity contribution in [2.45, 2.75) is 58.2 Å². The van der Waals surface area contributed by atoms with Gasteiger partial charge in [0, 0.05) is 11.6 Å². The van der Waals surface area contributed by atoms with Crippen molar-refractivity contribution in [3.63, 3.8) is 0 Å². The summed E-state index contributed by atoms with van der Waals surface area (Å²) in [6, 6.07) is 4.95. The standard InChI is InChI=1S/C20H27F3N2O3/c1-13(2)17(25-18(26)14-6-4-3-5-7-14)19(27)24-15-8-10-16(11-9-15)28-12-20(21,22)23/h8-11,13-14,17H,3-7,12H2,1-2H3,(H,24,27)(H,25,26). The number of carbonyl (C=O) groups excluding carboxylic acids is 2. The summed E-state index contributed by atoms with van der Waals surface area (Å²) >= 11 is 0.